The van der Waals surface area contributed by atoms with Gasteiger partial charge in [0.15, 0.2) is 0 Å². The van der Waals surface area contributed by atoms with Crippen LogP contribution in [0.1, 0.15) is 83.5 Å². The van der Waals surface area contributed by atoms with Crippen molar-refractivity contribution in [1.29, 1.82) is 0 Å². The van der Waals surface area contributed by atoms with Crippen molar-refractivity contribution in [2.45, 2.75) is 88.2 Å². The fraction of sp³-hybridized carbons (Fsp3) is 1.00. The Balaban J connectivity index is 0.000000121. The molecular weight excluding hydrogens is 280 g/mol. The fourth-order valence-corrected chi connectivity index (χ4v) is 7.87. The van der Waals surface area contributed by atoms with Gasteiger partial charge in [0.05, 0.1) is 0 Å². The summed E-state index contributed by atoms with van der Waals surface area (Å²) in [5.74, 6) is 4.37. The third-order valence-electron chi connectivity index (χ3n) is 6.05. The summed E-state index contributed by atoms with van der Waals surface area (Å²) in [5, 5.41) is 0. The van der Waals surface area contributed by atoms with Gasteiger partial charge in [-0.2, -0.15) is 23.5 Å². The minimum Gasteiger partial charge on any atom is -0.161 e. The van der Waals surface area contributed by atoms with Crippen LogP contribution in [0.3, 0.4) is 0 Å². The SMILES string of the molecule is C1CCC2(CC1)CCCS2.C1CCC2(CC1)CCSC2. The van der Waals surface area contributed by atoms with Gasteiger partial charge in [-0.25, -0.2) is 0 Å². The van der Waals surface area contributed by atoms with Gasteiger partial charge >= 0.3 is 0 Å². The van der Waals surface area contributed by atoms with Crippen LogP contribution in [0.15, 0.2) is 0 Å². The van der Waals surface area contributed by atoms with E-state index in [-0.39, 0.29) is 0 Å². The maximum Gasteiger partial charge on any atom is 0.0160 e. The van der Waals surface area contributed by atoms with Crippen molar-refractivity contribution in [3.05, 3.63) is 0 Å². The first-order chi connectivity index (χ1) is 9.83. The molecule has 116 valence electrons. The van der Waals surface area contributed by atoms with Crippen LogP contribution >= 0.6 is 23.5 Å². The van der Waals surface area contributed by atoms with E-state index < -0.39 is 0 Å². The van der Waals surface area contributed by atoms with Crippen LogP contribution in [-0.4, -0.2) is 22.0 Å². The molecule has 4 aliphatic rings. The molecule has 20 heavy (non-hydrogen) atoms. The molecule has 4 rings (SSSR count). The third kappa shape index (κ3) is 3.91. The van der Waals surface area contributed by atoms with Crippen molar-refractivity contribution in [1.82, 2.24) is 0 Å². The van der Waals surface area contributed by atoms with E-state index in [2.05, 4.69) is 23.5 Å². The summed E-state index contributed by atoms with van der Waals surface area (Å²) in [6.45, 7) is 0. The Hall–Kier alpha value is 0.700. The molecule has 2 saturated carbocycles. The Kier molecular flexibility index (Phi) is 5.70. The second-order valence-corrected chi connectivity index (χ2v) is 10.2. The van der Waals surface area contributed by atoms with Gasteiger partial charge in [-0.1, -0.05) is 38.5 Å². The molecule has 2 aliphatic heterocycles. The highest BCUT2D eigenvalue weighted by molar-refractivity contribution is 8.00. The van der Waals surface area contributed by atoms with E-state index in [1.54, 1.807) is 12.8 Å². The van der Waals surface area contributed by atoms with Crippen LogP contribution in [0.25, 0.3) is 0 Å². The highest BCUT2D eigenvalue weighted by Crippen LogP contribution is 2.48. The lowest BCUT2D eigenvalue weighted by atomic mass is 9.74. The second-order valence-electron chi connectivity index (χ2n) is 7.56. The lowest BCUT2D eigenvalue weighted by Gasteiger charge is -2.32. The molecule has 0 aromatic rings. The zero-order valence-corrected chi connectivity index (χ0v) is 14.8. The minimum absolute atomic E-state index is 0.790. The Morgan fingerprint density at radius 3 is 1.75 bits per heavy atom. The van der Waals surface area contributed by atoms with Crippen LogP contribution in [0, 0.1) is 5.41 Å². The molecular formula is C18H32S2. The molecule has 0 atom stereocenters. The van der Waals surface area contributed by atoms with Gasteiger partial charge in [0.25, 0.3) is 0 Å². The average molecular weight is 313 g/mol. The highest BCUT2D eigenvalue weighted by atomic mass is 32.2. The molecule has 4 fully saturated rings. The molecule has 0 aromatic carbocycles. The van der Waals surface area contributed by atoms with Crippen molar-refractivity contribution in [3.8, 4) is 0 Å². The molecule has 0 bridgehead atoms. The lowest BCUT2D eigenvalue weighted by molar-refractivity contribution is 0.225. The van der Waals surface area contributed by atoms with Gasteiger partial charge in [0.2, 0.25) is 0 Å². The monoisotopic (exact) mass is 312 g/mol. The summed E-state index contributed by atoms with van der Waals surface area (Å²) in [6.07, 6.45) is 19.7. The van der Waals surface area contributed by atoms with Gasteiger partial charge in [-0.15, -0.1) is 0 Å². The zero-order chi connectivity index (χ0) is 13.7. The number of hydrogen-bond acceptors (Lipinski definition) is 2. The van der Waals surface area contributed by atoms with E-state index >= 15 is 0 Å². The fourth-order valence-electron chi connectivity index (χ4n) is 4.69. The van der Waals surface area contributed by atoms with Gasteiger partial charge in [0, 0.05) is 4.75 Å². The molecule has 2 heteroatoms. The van der Waals surface area contributed by atoms with E-state index in [1.165, 1.54) is 87.9 Å². The number of hydrogen-bond donors (Lipinski definition) is 0. The zero-order valence-electron chi connectivity index (χ0n) is 13.1. The summed E-state index contributed by atoms with van der Waals surface area (Å²) in [4.78, 5) is 0. The summed E-state index contributed by atoms with van der Waals surface area (Å²) in [5.41, 5.74) is 0.836. The van der Waals surface area contributed by atoms with Crippen LogP contribution in [-0.2, 0) is 0 Å². The molecule has 2 aliphatic carbocycles. The van der Waals surface area contributed by atoms with Gasteiger partial charge < -0.3 is 0 Å². The maximum absolute atomic E-state index is 2.27. The predicted molar refractivity (Wildman–Crippen MR) is 95.0 cm³/mol. The van der Waals surface area contributed by atoms with Crippen molar-refractivity contribution in [2.24, 2.45) is 5.41 Å². The highest BCUT2D eigenvalue weighted by Gasteiger charge is 2.35. The first-order valence-corrected chi connectivity index (χ1v) is 11.2. The smallest absolute Gasteiger partial charge is 0.0160 e. The Morgan fingerprint density at radius 2 is 1.20 bits per heavy atom. The normalized spacial score (nSPS) is 31.2. The van der Waals surface area contributed by atoms with E-state index in [4.69, 9.17) is 0 Å². The molecule has 0 nitrogen and oxygen atoms in total. The van der Waals surface area contributed by atoms with Crippen molar-refractivity contribution in [3.63, 3.8) is 0 Å². The van der Waals surface area contributed by atoms with Crippen LogP contribution < -0.4 is 0 Å². The van der Waals surface area contributed by atoms with E-state index in [9.17, 15) is 0 Å². The van der Waals surface area contributed by atoms with E-state index in [1.807, 2.05) is 0 Å². The van der Waals surface area contributed by atoms with E-state index in [0.717, 1.165) is 10.2 Å². The first-order valence-electron chi connectivity index (χ1n) is 9.05. The van der Waals surface area contributed by atoms with E-state index in [0.29, 0.717) is 0 Å². The quantitative estimate of drug-likeness (QED) is 0.515. The van der Waals surface area contributed by atoms with Crippen molar-refractivity contribution < 1.29 is 0 Å². The molecule has 0 aromatic heterocycles. The largest absolute Gasteiger partial charge is 0.161 e. The number of thioether (sulfide) groups is 2. The second kappa shape index (κ2) is 7.31. The predicted octanol–water partition coefficient (Wildman–Crippen LogP) is 6.29. The standard InChI is InChI=1S/2C9H16S/c1-2-5-9(6-3-1)7-4-8-10-9;1-2-4-9(5-3-1)6-7-10-8-9/h2*1-8H2. The molecule has 0 amide bonds. The summed E-state index contributed by atoms with van der Waals surface area (Å²) in [6, 6.07) is 0. The number of rotatable bonds is 0. The molecule has 2 saturated heterocycles. The molecule has 0 radical (unpaired) electrons. The van der Waals surface area contributed by atoms with Crippen LogP contribution in [0.4, 0.5) is 0 Å². The Bertz CT molecular complexity index is 242. The minimum atomic E-state index is 0.790. The lowest BCUT2D eigenvalue weighted by Crippen LogP contribution is -2.23. The third-order valence-corrected chi connectivity index (χ3v) is 9.08. The molecule has 2 spiro atoms. The van der Waals surface area contributed by atoms with Crippen molar-refractivity contribution >= 4 is 23.5 Å². The Morgan fingerprint density at radius 1 is 0.550 bits per heavy atom. The average Bonchev–Trinajstić information content (AvgIpc) is 3.12. The molecule has 0 N–H and O–H groups in total. The summed E-state index contributed by atoms with van der Waals surface area (Å²) in [7, 11) is 0. The maximum atomic E-state index is 2.27. The summed E-state index contributed by atoms with van der Waals surface area (Å²) < 4.78 is 0.790. The van der Waals surface area contributed by atoms with Crippen LogP contribution in [0.5, 0.6) is 0 Å². The van der Waals surface area contributed by atoms with Crippen LogP contribution in [0.2, 0.25) is 0 Å². The van der Waals surface area contributed by atoms with Gasteiger partial charge in [0.1, 0.15) is 0 Å². The van der Waals surface area contributed by atoms with Gasteiger partial charge in [-0.05, 0) is 67.6 Å². The van der Waals surface area contributed by atoms with Gasteiger partial charge in [-0.3, -0.25) is 0 Å². The van der Waals surface area contributed by atoms with Crippen molar-refractivity contribution in [2.75, 3.05) is 17.3 Å². The molecule has 2 heterocycles. The topological polar surface area (TPSA) is 0 Å². The Labute approximate surface area is 134 Å². The summed E-state index contributed by atoms with van der Waals surface area (Å²) >= 11 is 4.45. The first kappa shape index (κ1) is 15.6. The molecule has 0 unspecified atom stereocenters.